The van der Waals surface area contributed by atoms with Crippen molar-refractivity contribution in [2.24, 2.45) is 0 Å². The van der Waals surface area contributed by atoms with E-state index in [1.54, 1.807) is 11.8 Å². The van der Waals surface area contributed by atoms with Gasteiger partial charge in [0.05, 0.1) is 0 Å². The topological polar surface area (TPSA) is 82.6 Å². The minimum Gasteiger partial charge on any atom is -0.468 e. The van der Waals surface area contributed by atoms with Crippen molar-refractivity contribution >= 4 is 28.4 Å². The lowest BCUT2D eigenvalue weighted by molar-refractivity contribution is -0.00652. The van der Waals surface area contributed by atoms with Crippen molar-refractivity contribution in [1.82, 2.24) is 9.55 Å². The number of nitrogens with one attached hydrogen (secondary N) is 1. The Labute approximate surface area is 226 Å². The fourth-order valence-electron chi connectivity index (χ4n) is 3.40. The molecule has 0 unspecified atom stereocenters. The molecule has 0 amide bonds. The van der Waals surface area contributed by atoms with Crippen LogP contribution in [0.1, 0.15) is 47.8 Å². The summed E-state index contributed by atoms with van der Waals surface area (Å²) in [5, 5.41) is 1.85. The average molecular weight is 563 g/mol. The second kappa shape index (κ2) is 10.7. The molecular weight excluding hydrogens is 521 g/mol. The van der Waals surface area contributed by atoms with E-state index in [9.17, 15) is 9.59 Å². The largest absolute Gasteiger partial charge is 0.468 e. The molecule has 1 saturated heterocycles. The van der Waals surface area contributed by atoms with Crippen molar-refractivity contribution in [3.05, 3.63) is 74.6 Å². The second-order valence-corrected chi connectivity index (χ2v) is 23.1. The Bertz CT molecular complexity index is 1230. The zero-order chi connectivity index (χ0) is 27.8. The molecule has 0 saturated carbocycles. The van der Waals surface area contributed by atoms with Gasteiger partial charge >= 0.3 is 5.69 Å². The van der Waals surface area contributed by atoms with E-state index in [0.717, 1.165) is 4.90 Å². The summed E-state index contributed by atoms with van der Waals surface area (Å²) in [6.07, 6.45) is -0.378. The molecule has 2 aromatic rings. The fourth-order valence-corrected chi connectivity index (χ4v) is 6.67. The summed E-state index contributed by atoms with van der Waals surface area (Å²) in [4.78, 5) is 28.1. The number of ether oxygens (including phenoxy) is 1. The number of thioether (sulfide) groups is 1. The van der Waals surface area contributed by atoms with E-state index in [4.69, 9.17) is 13.6 Å². The first-order valence-corrected chi connectivity index (χ1v) is 19.4. The van der Waals surface area contributed by atoms with Crippen molar-refractivity contribution in [2.75, 3.05) is 0 Å². The van der Waals surface area contributed by atoms with E-state index < -0.39 is 46.3 Å². The maximum Gasteiger partial charge on any atom is 0.331 e. The lowest BCUT2D eigenvalue weighted by Crippen LogP contribution is -2.52. The number of aromatic nitrogens is 2. The highest BCUT2D eigenvalue weighted by molar-refractivity contribution is 8.02. The Morgan fingerprint density at radius 1 is 0.919 bits per heavy atom. The number of nitrogens with zero attached hydrogens (tertiary/aromatic N) is 1. The van der Waals surface area contributed by atoms with Crippen LogP contribution in [0.25, 0.3) is 0 Å². The Hall–Kier alpha value is -1.86. The summed E-state index contributed by atoms with van der Waals surface area (Å²) in [6.45, 7) is 21.9. The third-order valence-corrected chi connectivity index (χ3v) is 17.6. The first-order chi connectivity index (χ1) is 16.9. The van der Waals surface area contributed by atoms with Gasteiger partial charge in [-0.25, -0.2) is 4.79 Å². The van der Waals surface area contributed by atoms with Crippen LogP contribution in [0.2, 0.25) is 36.3 Å². The fraction of sp³-hybridized carbons (Fsp3) is 0.556. The van der Waals surface area contributed by atoms with Crippen LogP contribution in [0.5, 0.6) is 0 Å². The Kier molecular flexibility index (Phi) is 8.61. The van der Waals surface area contributed by atoms with Crippen molar-refractivity contribution in [2.45, 2.75) is 101 Å². The molecule has 1 aromatic carbocycles. The normalized spacial score (nSPS) is 22.3. The maximum absolute atomic E-state index is 12.9. The Balaban J connectivity index is 2.15. The molecule has 0 bridgehead atoms. The van der Waals surface area contributed by atoms with E-state index in [-0.39, 0.29) is 10.1 Å². The molecule has 1 fully saturated rings. The van der Waals surface area contributed by atoms with Gasteiger partial charge in [-0.1, -0.05) is 71.5 Å². The molecule has 0 aliphatic carbocycles. The van der Waals surface area contributed by atoms with E-state index >= 15 is 0 Å². The maximum atomic E-state index is 12.9. The molecule has 204 valence electrons. The van der Waals surface area contributed by atoms with Crippen LogP contribution in [0, 0.1) is 0 Å². The molecule has 1 aromatic heterocycles. The molecule has 1 aliphatic heterocycles. The highest BCUT2D eigenvalue weighted by Gasteiger charge is 2.53. The molecule has 0 radical (unpaired) electrons. The zero-order valence-corrected chi connectivity index (χ0v) is 26.6. The van der Waals surface area contributed by atoms with Gasteiger partial charge in [-0.2, -0.15) is 0 Å². The van der Waals surface area contributed by atoms with Gasteiger partial charge in [0.25, 0.3) is 5.56 Å². The van der Waals surface area contributed by atoms with E-state index in [1.165, 1.54) is 16.8 Å². The third-order valence-electron chi connectivity index (χ3n) is 7.76. The first-order valence-electron chi connectivity index (χ1n) is 12.7. The monoisotopic (exact) mass is 562 g/mol. The van der Waals surface area contributed by atoms with Crippen LogP contribution < -0.4 is 11.2 Å². The Morgan fingerprint density at radius 2 is 1.49 bits per heavy atom. The predicted octanol–water partition coefficient (Wildman–Crippen LogP) is 6.48. The number of aromatic amines is 1. The molecule has 0 spiro atoms. The lowest BCUT2D eigenvalue weighted by Gasteiger charge is -2.43. The van der Waals surface area contributed by atoms with E-state index in [0.29, 0.717) is 5.76 Å². The number of rotatable bonds is 7. The minimum absolute atomic E-state index is 0.0425. The summed E-state index contributed by atoms with van der Waals surface area (Å²) in [5.74, 6) is 0.630. The summed E-state index contributed by atoms with van der Waals surface area (Å²) < 4.78 is 21.9. The van der Waals surface area contributed by atoms with Gasteiger partial charge in [0.2, 0.25) is 6.23 Å². The van der Waals surface area contributed by atoms with Gasteiger partial charge in [-0.3, -0.25) is 14.3 Å². The summed E-state index contributed by atoms with van der Waals surface area (Å²) in [7, 11) is -4.59. The number of hydrogen-bond donors (Lipinski definition) is 1. The highest BCUT2D eigenvalue weighted by atomic mass is 32.2. The molecule has 7 nitrogen and oxygen atoms in total. The highest BCUT2D eigenvalue weighted by Crippen LogP contribution is 2.47. The van der Waals surface area contributed by atoms with Gasteiger partial charge in [0.15, 0.2) is 16.6 Å². The average Bonchev–Trinajstić information content (AvgIpc) is 3.07. The zero-order valence-electron chi connectivity index (χ0n) is 23.7. The van der Waals surface area contributed by atoms with Gasteiger partial charge in [0.1, 0.15) is 18.0 Å². The third kappa shape index (κ3) is 6.78. The summed E-state index contributed by atoms with van der Waals surface area (Å²) >= 11 is 1.54. The number of benzene rings is 1. The van der Waals surface area contributed by atoms with Gasteiger partial charge in [-0.05, 0) is 48.4 Å². The Morgan fingerprint density at radius 3 is 2.03 bits per heavy atom. The van der Waals surface area contributed by atoms with Gasteiger partial charge in [0, 0.05) is 22.6 Å². The summed E-state index contributed by atoms with van der Waals surface area (Å²) in [5.41, 5.74) is -0.991. The SMILES string of the molecule is CC(C)(C)[Si](C)(C)O[C@@H]1[C@H](O[Si](C)(C)C(C)(C)C)/C(=C/Sc2ccccc2)O[C@H]1n1ccc(=O)[nH]c1=O. The van der Waals surface area contributed by atoms with Crippen LogP contribution in [-0.4, -0.2) is 38.4 Å². The smallest absolute Gasteiger partial charge is 0.331 e. The van der Waals surface area contributed by atoms with Crippen LogP contribution >= 0.6 is 11.8 Å². The van der Waals surface area contributed by atoms with Crippen LogP contribution in [0.3, 0.4) is 0 Å². The summed E-state index contributed by atoms with van der Waals surface area (Å²) in [6, 6.07) is 11.4. The molecular formula is C27H42N2O5SSi2. The quantitative estimate of drug-likeness (QED) is 0.307. The van der Waals surface area contributed by atoms with Crippen LogP contribution in [0.4, 0.5) is 0 Å². The van der Waals surface area contributed by atoms with Gasteiger partial charge < -0.3 is 13.6 Å². The molecule has 1 aliphatic rings. The van der Waals surface area contributed by atoms with E-state index in [1.807, 2.05) is 35.7 Å². The van der Waals surface area contributed by atoms with Crippen molar-refractivity contribution in [3.8, 4) is 0 Å². The molecule has 3 atom stereocenters. The number of hydrogen-bond acceptors (Lipinski definition) is 6. The predicted molar refractivity (Wildman–Crippen MR) is 156 cm³/mol. The first kappa shape index (κ1) is 29.7. The molecule has 2 heterocycles. The minimum atomic E-state index is -2.32. The van der Waals surface area contributed by atoms with Gasteiger partial charge in [-0.15, -0.1) is 0 Å². The second-order valence-electron chi connectivity index (χ2n) is 12.6. The van der Waals surface area contributed by atoms with Crippen LogP contribution in [0.15, 0.2) is 68.2 Å². The molecule has 10 heteroatoms. The van der Waals surface area contributed by atoms with Crippen molar-refractivity contribution in [3.63, 3.8) is 0 Å². The standard InChI is InChI=1S/C27H42N2O5SSi2/c1-26(2,3)36(7,8)33-22-20(18-35-19-14-12-11-13-15-19)32-24(29-17-16-21(30)28-25(29)31)23(22)34-37(9,10)27(4,5)6/h11-18,22-24H,1-10H3,(H,28,30,31)/b20-18-/t22-,23-,24-/m1/s1. The lowest BCUT2D eigenvalue weighted by atomic mass is 10.2. The van der Waals surface area contributed by atoms with Crippen molar-refractivity contribution < 1.29 is 13.6 Å². The van der Waals surface area contributed by atoms with E-state index in [2.05, 4.69) is 72.7 Å². The molecule has 37 heavy (non-hydrogen) atoms. The van der Waals surface area contributed by atoms with Crippen molar-refractivity contribution in [1.29, 1.82) is 0 Å². The number of H-pyrrole nitrogens is 1. The molecule has 1 N–H and O–H groups in total. The van der Waals surface area contributed by atoms with Crippen LogP contribution in [-0.2, 0) is 13.6 Å². The molecule has 3 rings (SSSR count).